The molecule has 0 unspecified atom stereocenters. The van der Waals surface area contributed by atoms with Crippen LogP contribution in [0.15, 0.2) is 24.3 Å². The summed E-state index contributed by atoms with van der Waals surface area (Å²) in [6.45, 7) is 0.551. The highest BCUT2D eigenvalue weighted by Crippen LogP contribution is 2.48. The molecule has 0 heterocycles. The quantitative estimate of drug-likeness (QED) is 0.799. The maximum absolute atomic E-state index is 12.4. The number of nitrogens with one attached hydrogen (secondary N) is 2. The van der Waals surface area contributed by atoms with Gasteiger partial charge in [0.1, 0.15) is 5.75 Å². The minimum Gasteiger partial charge on any atom is -0.484 e. The molecule has 134 valence electrons. The molecule has 0 saturated heterocycles. The van der Waals surface area contributed by atoms with Crippen molar-refractivity contribution in [2.45, 2.75) is 51.1 Å². The van der Waals surface area contributed by atoms with E-state index in [9.17, 15) is 9.59 Å². The van der Waals surface area contributed by atoms with Crippen LogP contribution in [0, 0.1) is 17.8 Å². The number of amides is 2. The summed E-state index contributed by atoms with van der Waals surface area (Å²) in [5.74, 6) is 2.38. The van der Waals surface area contributed by atoms with Crippen molar-refractivity contribution in [3.05, 3.63) is 29.8 Å². The Bertz CT molecular complexity index is 656. The third-order valence-corrected chi connectivity index (χ3v) is 5.75. The smallest absolute Gasteiger partial charge is 0.258 e. The van der Waals surface area contributed by atoms with Crippen molar-refractivity contribution in [1.82, 2.24) is 10.6 Å². The van der Waals surface area contributed by atoms with Crippen LogP contribution in [-0.2, 0) is 16.1 Å². The van der Waals surface area contributed by atoms with Gasteiger partial charge in [0.2, 0.25) is 5.91 Å². The average Bonchev–Trinajstić information content (AvgIpc) is 3.17. The van der Waals surface area contributed by atoms with Gasteiger partial charge < -0.3 is 15.4 Å². The fourth-order valence-electron chi connectivity index (χ4n) is 4.28. The maximum Gasteiger partial charge on any atom is 0.258 e. The van der Waals surface area contributed by atoms with E-state index in [1.807, 2.05) is 24.3 Å². The van der Waals surface area contributed by atoms with Gasteiger partial charge in [-0.2, -0.15) is 0 Å². The summed E-state index contributed by atoms with van der Waals surface area (Å²) in [4.78, 5) is 24.1. The van der Waals surface area contributed by atoms with Gasteiger partial charge in [0, 0.05) is 18.5 Å². The zero-order chi connectivity index (χ0) is 17.2. The summed E-state index contributed by atoms with van der Waals surface area (Å²) in [6.07, 6.45) is 6.98. The van der Waals surface area contributed by atoms with Gasteiger partial charge in [0.25, 0.3) is 5.91 Å². The van der Waals surface area contributed by atoms with E-state index in [1.54, 1.807) is 0 Å². The van der Waals surface area contributed by atoms with Crippen LogP contribution in [-0.4, -0.2) is 24.5 Å². The van der Waals surface area contributed by atoms with Crippen LogP contribution in [0.5, 0.6) is 5.75 Å². The zero-order valence-electron chi connectivity index (χ0n) is 14.5. The monoisotopic (exact) mass is 342 g/mol. The Labute approximate surface area is 148 Å². The van der Waals surface area contributed by atoms with Gasteiger partial charge in [0.05, 0.1) is 0 Å². The van der Waals surface area contributed by atoms with Gasteiger partial charge in [-0.1, -0.05) is 18.6 Å². The third kappa shape index (κ3) is 4.14. The van der Waals surface area contributed by atoms with Crippen LogP contribution in [0.3, 0.4) is 0 Å². The molecule has 25 heavy (non-hydrogen) atoms. The Balaban J connectivity index is 1.24. The summed E-state index contributed by atoms with van der Waals surface area (Å²) in [7, 11) is 0. The van der Waals surface area contributed by atoms with Crippen LogP contribution in [0.2, 0.25) is 0 Å². The summed E-state index contributed by atoms with van der Waals surface area (Å²) in [5, 5.41) is 5.98. The number of carbonyl (C=O) groups excluding carboxylic acids is 2. The molecule has 1 aromatic rings. The van der Waals surface area contributed by atoms with Gasteiger partial charge >= 0.3 is 0 Å². The molecule has 3 aliphatic carbocycles. The first-order valence-electron chi connectivity index (χ1n) is 9.46. The topological polar surface area (TPSA) is 67.4 Å². The Morgan fingerprint density at radius 3 is 2.72 bits per heavy atom. The SMILES string of the molecule is O=C(COc1cccc(CNC(=O)[C@@H]2C[C@H]3CC[C@H]2C3)c1)NC1CC1. The number of hydrogen-bond acceptors (Lipinski definition) is 3. The van der Waals surface area contributed by atoms with Crippen LogP contribution >= 0.6 is 0 Å². The van der Waals surface area contributed by atoms with E-state index in [2.05, 4.69) is 10.6 Å². The van der Waals surface area contributed by atoms with E-state index < -0.39 is 0 Å². The highest BCUT2D eigenvalue weighted by Gasteiger charge is 2.42. The summed E-state index contributed by atoms with van der Waals surface area (Å²) in [6, 6.07) is 7.95. The first kappa shape index (κ1) is 16.4. The Kier molecular flexibility index (Phi) is 4.64. The van der Waals surface area contributed by atoms with Gasteiger partial charge in [-0.15, -0.1) is 0 Å². The lowest BCUT2D eigenvalue weighted by Crippen LogP contribution is -2.33. The zero-order valence-corrected chi connectivity index (χ0v) is 14.5. The molecule has 3 atom stereocenters. The fourth-order valence-corrected chi connectivity index (χ4v) is 4.28. The van der Waals surface area contributed by atoms with Crippen LogP contribution in [0.1, 0.15) is 44.1 Å². The molecule has 0 aromatic heterocycles. The molecule has 3 saturated carbocycles. The molecule has 2 amide bonds. The molecule has 3 fully saturated rings. The van der Waals surface area contributed by atoms with E-state index in [1.165, 1.54) is 19.3 Å². The lowest BCUT2D eigenvalue weighted by molar-refractivity contribution is -0.126. The number of benzene rings is 1. The van der Waals surface area contributed by atoms with Crippen LogP contribution in [0.25, 0.3) is 0 Å². The van der Waals surface area contributed by atoms with Gasteiger partial charge in [-0.3, -0.25) is 9.59 Å². The van der Waals surface area contributed by atoms with Crippen molar-refractivity contribution in [2.75, 3.05) is 6.61 Å². The number of ether oxygens (including phenoxy) is 1. The standard InChI is InChI=1S/C20H26N2O3/c23-19(22-16-6-7-16)12-25-17-3-1-2-14(9-17)11-21-20(24)18-10-13-4-5-15(18)8-13/h1-3,9,13,15-16,18H,4-8,10-12H2,(H,21,24)(H,22,23)/t13-,15-,18+/m0/s1. The highest BCUT2D eigenvalue weighted by atomic mass is 16.5. The van der Waals surface area contributed by atoms with Gasteiger partial charge in [0.15, 0.2) is 6.61 Å². The predicted octanol–water partition coefficient (Wildman–Crippen LogP) is 2.40. The summed E-state index contributed by atoms with van der Waals surface area (Å²) >= 11 is 0. The normalized spacial score (nSPS) is 27.1. The molecule has 0 spiro atoms. The number of rotatable bonds is 7. The molecule has 4 rings (SSSR count). The van der Waals surface area contributed by atoms with Crippen molar-refractivity contribution in [3.63, 3.8) is 0 Å². The number of fused-ring (bicyclic) bond motifs is 2. The van der Waals surface area contributed by atoms with E-state index >= 15 is 0 Å². The van der Waals surface area contributed by atoms with Crippen molar-refractivity contribution in [2.24, 2.45) is 17.8 Å². The second-order valence-electron chi connectivity index (χ2n) is 7.78. The second-order valence-corrected chi connectivity index (χ2v) is 7.78. The molecule has 5 heteroatoms. The van der Waals surface area contributed by atoms with Gasteiger partial charge in [-0.25, -0.2) is 0 Å². The molecule has 0 radical (unpaired) electrons. The lowest BCUT2D eigenvalue weighted by atomic mass is 9.88. The molecular weight excluding hydrogens is 316 g/mol. The maximum atomic E-state index is 12.4. The average molecular weight is 342 g/mol. The van der Waals surface area contributed by atoms with Crippen molar-refractivity contribution < 1.29 is 14.3 Å². The molecule has 0 aliphatic heterocycles. The fraction of sp³-hybridized carbons (Fsp3) is 0.600. The summed E-state index contributed by atoms with van der Waals surface area (Å²) < 4.78 is 5.56. The number of hydrogen-bond donors (Lipinski definition) is 2. The Morgan fingerprint density at radius 2 is 2.00 bits per heavy atom. The van der Waals surface area contributed by atoms with E-state index in [-0.39, 0.29) is 24.3 Å². The Hall–Kier alpha value is -2.04. The molecule has 2 bridgehead atoms. The van der Waals surface area contributed by atoms with E-state index in [4.69, 9.17) is 4.74 Å². The van der Waals surface area contributed by atoms with Crippen molar-refractivity contribution in [1.29, 1.82) is 0 Å². The highest BCUT2D eigenvalue weighted by molar-refractivity contribution is 5.79. The molecule has 2 N–H and O–H groups in total. The minimum absolute atomic E-state index is 0.0391. The number of carbonyl (C=O) groups is 2. The molecule has 3 aliphatic rings. The summed E-state index contributed by atoms with van der Waals surface area (Å²) in [5.41, 5.74) is 0.997. The van der Waals surface area contributed by atoms with Gasteiger partial charge in [-0.05, 0) is 61.6 Å². The van der Waals surface area contributed by atoms with Crippen LogP contribution in [0.4, 0.5) is 0 Å². The van der Waals surface area contributed by atoms with Crippen molar-refractivity contribution >= 4 is 11.8 Å². The lowest BCUT2D eigenvalue weighted by Gasteiger charge is -2.20. The van der Waals surface area contributed by atoms with Crippen LogP contribution < -0.4 is 15.4 Å². The Morgan fingerprint density at radius 1 is 1.12 bits per heavy atom. The molecular formula is C20H26N2O3. The van der Waals surface area contributed by atoms with E-state index in [0.717, 1.165) is 30.7 Å². The first-order valence-corrected chi connectivity index (χ1v) is 9.46. The minimum atomic E-state index is -0.0718. The van der Waals surface area contributed by atoms with E-state index in [0.29, 0.717) is 24.3 Å². The second kappa shape index (κ2) is 7.06. The third-order valence-electron chi connectivity index (χ3n) is 5.75. The predicted molar refractivity (Wildman–Crippen MR) is 93.9 cm³/mol. The largest absolute Gasteiger partial charge is 0.484 e. The first-order chi connectivity index (χ1) is 12.2. The molecule has 1 aromatic carbocycles. The van der Waals surface area contributed by atoms with Crippen molar-refractivity contribution in [3.8, 4) is 5.75 Å². The molecule has 5 nitrogen and oxygen atoms in total.